The van der Waals surface area contributed by atoms with Crippen molar-refractivity contribution < 1.29 is 4.74 Å². The number of anilines is 2. The largest absolute Gasteiger partial charge is 0.497 e. The van der Waals surface area contributed by atoms with Crippen molar-refractivity contribution in [3.05, 3.63) is 40.6 Å². The Kier molecular flexibility index (Phi) is 3.31. The van der Waals surface area contributed by atoms with Gasteiger partial charge in [0.25, 0.3) is 0 Å². The molecule has 3 N–H and O–H groups in total. The molecule has 2 rings (SSSR count). The van der Waals surface area contributed by atoms with Crippen LogP contribution in [0.2, 0.25) is 0 Å². The van der Waals surface area contributed by atoms with Crippen LogP contribution in [0.25, 0.3) is 0 Å². The first-order valence-electron chi connectivity index (χ1n) is 4.98. The van der Waals surface area contributed by atoms with Crippen LogP contribution in [0.1, 0.15) is 5.56 Å². The monoisotopic (exact) mass is 234 g/mol. The number of nitrogens with one attached hydrogen (secondary N) is 1. The lowest BCUT2D eigenvalue weighted by Crippen LogP contribution is -2.01. The molecular formula is C12H14N2OS. The molecule has 0 aliphatic heterocycles. The minimum absolute atomic E-state index is 0.703. The van der Waals surface area contributed by atoms with Gasteiger partial charge in [-0.15, -0.1) is 0 Å². The molecule has 1 aromatic heterocycles. The van der Waals surface area contributed by atoms with Crippen molar-refractivity contribution in [2.45, 2.75) is 6.54 Å². The Labute approximate surface area is 98.9 Å². The molecule has 4 heteroatoms. The molecule has 3 nitrogen and oxygen atoms in total. The number of benzene rings is 1. The summed E-state index contributed by atoms with van der Waals surface area (Å²) in [5.74, 6) is 0.776. The van der Waals surface area contributed by atoms with Crippen LogP contribution in [0.4, 0.5) is 11.4 Å². The normalized spacial score (nSPS) is 10.1. The van der Waals surface area contributed by atoms with E-state index in [0.29, 0.717) is 5.69 Å². The minimum atomic E-state index is 0.703. The molecule has 2 aromatic rings. The Bertz CT molecular complexity index is 454. The molecule has 0 amide bonds. The molecule has 0 radical (unpaired) electrons. The lowest BCUT2D eigenvalue weighted by molar-refractivity contribution is 0.415. The summed E-state index contributed by atoms with van der Waals surface area (Å²) in [4.78, 5) is 0. The topological polar surface area (TPSA) is 47.3 Å². The van der Waals surface area contributed by atoms with Crippen molar-refractivity contribution in [1.29, 1.82) is 0 Å². The number of hydrogen-bond donors (Lipinski definition) is 2. The van der Waals surface area contributed by atoms with E-state index in [2.05, 4.69) is 22.1 Å². The van der Waals surface area contributed by atoms with Gasteiger partial charge in [-0.05, 0) is 34.5 Å². The maximum atomic E-state index is 5.90. The van der Waals surface area contributed by atoms with E-state index in [-0.39, 0.29) is 0 Å². The fourth-order valence-electron chi connectivity index (χ4n) is 1.42. The second-order valence-corrected chi connectivity index (χ2v) is 4.22. The predicted molar refractivity (Wildman–Crippen MR) is 69.1 cm³/mol. The molecular weight excluding hydrogens is 220 g/mol. The first kappa shape index (κ1) is 10.8. The maximum Gasteiger partial charge on any atom is 0.121 e. The molecule has 16 heavy (non-hydrogen) atoms. The predicted octanol–water partition coefficient (Wildman–Crippen LogP) is 2.95. The number of hydrogen-bond acceptors (Lipinski definition) is 4. The highest BCUT2D eigenvalue weighted by Gasteiger charge is 2.00. The van der Waals surface area contributed by atoms with Crippen LogP contribution in [-0.2, 0) is 6.54 Å². The number of thiophene rings is 1. The SMILES string of the molecule is COc1ccc(NCc2ccsc2)c(N)c1. The molecule has 0 fully saturated rings. The van der Waals surface area contributed by atoms with Gasteiger partial charge in [0.1, 0.15) is 5.75 Å². The van der Waals surface area contributed by atoms with Crippen molar-refractivity contribution in [2.75, 3.05) is 18.2 Å². The summed E-state index contributed by atoms with van der Waals surface area (Å²) in [6.45, 7) is 0.792. The van der Waals surface area contributed by atoms with E-state index in [1.54, 1.807) is 18.4 Å². The summed E-state index contributed by atoms with van der Waals surface area (Å²) < 4.78 is 5.09. The highest BCUT2D eigenvalue weighted by Crippen LogP contribution is 2.24. The van der Waals surface area contributed by atoms with Crippen LogP contribution in [0.15, 0.2) is 35.0 Å². The molecule has 0 saturated carbocycles. The van der Waals surface area contributed by atoms with Crippen LogP contribution < -0.4 is 15.8 Å². The summed E-state index contributed by atoms with van der Waals surface area (Å²) in [7, 11) is 1.63. The molecule has 1 heterocycles. The maximum absolute atomic E-state index is 5.90. The van der Waals surface area contributed by atoms with Gasteiger partial charge in [0.05, 0.1) is 18.5 Å². The van der Waals surface area contributed by atoms with Gasteiger partial charge >= 0.3 is 0 Å². The first-order valence-corrected chi connectivity index (χ1v) is 5.92. The van der Waals surface area contributed by atoms with Crippen LogP contribution in [0.5, 0.6) is 5.75 Å². The Morgan fingerprint density at radius 3 is 2.88 bits per heavy atom. The van der Waals surface area contributed by atoms with E-state index >= 15 is 0 Å². The van der Waals surface area contributed by atoms with Crippen LogP contribution in [-0.4, -0.2) is 7.11 Å². The van der Waals surface area contributed by atoms with Gasteiger partial charge in [-0.25, -0.2) is 0 Å². The smallest absolute Gasteiger partial charge is 0.121 e. The summed E-state index contributed by atoms with van der Waals surface area (Å²) in [5.41, 5.74) is 8.80. The van der Waals surface area contributed by atoms with Crippen LogP contribution in [0, 0.1) is 0 Å². The van der Waals surface area contributed by atoms with Crippen molar-refractivity contribution in [3.63, 3.8) is 0 Å². The van der Waals surface area contributed by atoms with Crippen LogP contribution >= 0.6 is 11.3 Å². The zero-order valence-corrected chi connectivity index (χ0v) is 9.88. The van der Waals surface area contributed by atoms with Crippen molar-refractivity contribution in [2.24, 2.45) is 0 Å². The highest BCUT2D eigenvalue weighted by molar-refractivity contribution is 7.07. The third-order valence-electron chi connectivity index (χ3n) is 2.32. The van der Waals surface area contributed by atoms with Gasteiger partial charge in [0.2, 0.25) is 0 Å². The van der Waals surface area contributed by atoms with E-state index in [9.17, 15) is 0 Å². The lowest BCUT2D eigenvalue weighted by Gasteiger charge is -2.09. The summed E-state index contributed by atoms with van der Waals surface area (Å²) in [5, 5.41) is 7.47. The van der Waals surface area contributed by atoms with Gasteiger partial charge in [-0.3, -0.25) is 0 Å². The van der Waals surface area contributed by atoms with E-state index in [0.717, 1.165) is 18.0 Å². The molecule has 0 aliphatic rings. The number of ether oxygens (including phenoxy) is 1. The first-order chi connectivity index (χ1) is 7.79. The second-order valence-electron chi connectivity index (χ2n) is 3.44. The molecule has 0 saturated heterocycles. The zero-order valence-electron chi connectivity index (χ0n) is 9.07. The van der Waals surface area contributed by atoms with Crippen molar-refractivity contribution in [1.82, 2.24) is 0 Å². The number of rotatable bonds is 4. The third kappa shape index (κ3) is 2.46. The minimum Gasteiger partial charge on any atom is -0.497 e. The highest BCUT2D eigenvalue weighted by atomic mass is 32.1. The third-order valence-corrected chi connectivity index (χ3v) is 3.05. The lowest BCUT2D eigenvalue weighted by atomic mass is 10.2. The summed E-state index contributed by atoms with van der Waals surface area (Å²) in [6.07, 6.45) is 0. The molecule has 0 spiro atoms. The fraction of sp³-hybridized carbons (Fsp3) is 0.167. The number of nitrogens with two attached hydrogens (primary N) is 1. The van der Waals surface area contributed by atoms with E-state index in [1.807, 2.05) is 18.2 Å². The Balaban J connectivity index is 2.04. The van der Waals surface area contributed by atoms with E-state index in [4.69, 9.17) is 10.5 Å². The van der Waals surface area contributed by atoms with Crippen LogP contribution in [0.3, 0.4) is 0 Å². The summed E-state index contributed by atoms with van der Waals surface area (Å²) >= 11 is 1.69. The van der Waals surface area contributed by atoms with Gasteiger partial charge < -0.3 is 15.8 Å². The van der Waals surface area contributed by atoms with Gasteiger partial charge in [0.15, 0.2) is 0 Å². The average molecular weight is 234 g/mol. The zero-order chi connectivity index (χ0) is 11.4. The second kappa shape index (κ2) is 4.90. The van der Waals surface area contributed by atoms with Gasteiger partial charge in [-0.1, -0.05) is 0 Å². The van der Waals surface area contributed by atoms with E-state index in [1.165, 1.54) is 5.56 Å². The molecule has 1 aromatic carbocycles. The van der Waals surface area contributed by atoms with Gasteiger partial charge in [0, 0.05) is 12.6 Å². The quantitative estimate of drug-likeness (QED) is 0.800. The van der Waals surface area contributed by atoms with Gasteiger partial charge in [-0.2, -0.15) is 11.3 Å². The van der Waals surface area contributed by atoms with Crippen molar-refractivity contribution >= 4 is 22.7 Å². The molecule has 0 atom stereocenters. The Morgan fingerprint density at radius 1 is 1.38 bits per heavy atom. The standard InChI is InChI=1S/C12H14N2OS/c1-15-10-2-3-12(11(13)6-10)14-7-9-4-5-16-8-9/h2-6,8,14H,7,13H2,1H3. The van der Waals surface area contributed by atoms with E-state index < -0.39 is 0 Å². The number of nitrogen functional groups attached to an aromatic ring is 1. The molecule has 0 aliphatic carbocycles. The number of methoxy groups -OCH3 is 1. The molecule has 84 valence electrons. The molecule has 0 bridgehead atoms. The summed E-state index contributed by atoms with van der Waals surface area (Å²) in [6, 6.07) is 7.74. The Morgan fingerprint density at radius 2 is 2.25 bits per heavy atom. The Hall–Kier alpha value is -1.68. The molecule has 0 unspecified atom stereocenters. The fourth-order valence-corrected chi connectivity index (χ4v) is 2.09. The van der Waals surface area contributed by atoms with Crippen molar-refractivity contribution in [3.8, 4) is 5.75 Å². The average Bonchev–Trinajstić information content (AvgIpc) is 2.80.